The summed E-state index contributed by atoms with van der Waals surface area (Å²) >= 11 is 0. The van der Waals surface area contributed by atoms with Crippen LogP contribution in [0.4, 0.5) is 0 Å². The monoisotopic (exact) mass is 225 g/mol. The number of hydrogen-bond acceptors (Lipinski definition) is 3. The molecule has 16 heavy (non-hydrogen) atoms. The summed E-state index contributed by atoms with van der Waals surface area (Å²) in [6.45, 7) is 0.654. The average Bonchev–Trinajstić information content (AvgIpc) is 2.84. The molecule has 3 aliphatic rings. The third kappa shape index (κ3) is 1.20. The number of ether oxygens (including phenoxy) is 1. The lowest BCUT2D eigenvalue weighted by Crippen LogP contribution is -2.63. The van der Waals surface area contributed by atoms with Crippen molar-refractivity contribution in [2.45, 2.75) is 50.2 Å². The van der Waals surface area contributed by atoms with Crippen LogP contribution in [-0.2, 0) is 4.74 Å². The number of methoxy groups -OCH3 is 1. The van der Waals surface area contributed by atoms with Crippen molar-refractivity contribution in [1.82, 2.24) is 0 Å². The minimum atomic E-state index is -0.526. The molecule has 0 radical (unpaired) electrons. The fraction of sp³-hybridized carbons (Fsp3) is 1.00. The quantitative estimate of drug-likeness (QED) is 0.761. The van der Waals surface area contributed by atoms with Gasteiger partial charge in [-0.2, -0.15) is 0 Å². The van der Waals surface area contributed by atoms with E-state index in [1.54, 1.807) is 7.11 Å². The molecule has 92 valence electrons. The molecule has 0 aromatic heterocycles. The highest BCUT2D eigenvalue weighted by Crippen LogP contribution is 2.64. The first-order chi connectivity index (χ1) is 7.63. The van der Waals surface area contributed by atoms with Crippen molar-refractivity contribution in [1.29, 1.82) is 0 Å². The van der Waals surface area contributed by atoms with Gasteiger partial charge in [-0.15, -0.1) is 0 Å². The first-order valence-electron chi connectivity index (χ1n) is 6.59. The second-order valence-electron chi connectivity index (χ2n) is 6.24. The Kier molecular flexibility index (Phi) is 2.36. The number of fused-ring (bicyclic) bond motifs is 2. The molecular formula is C13H23NO2. The number of hydrogen-bond donors (Lipinski definition) is 2. The van der Waals surface area contributed by atoms with E-state index in [0.717, 1.165) is 25.2 Å². The van der Waals surface area contributed by atoms with Gasteiger partial charge in [0, 0.05) is 31.9 Å². The van der Waals surface area contributed by atoms with Crippen molar-refractivity contribution >= 4 is 0 Å². The van der Waals surface area contributed by atoms with E-state index in [4.69, 9.17) is 10.5 Å². The predicted molar refractivity (Wildman–Crippen MR) is 61.9 cm³/mol. The van der Waals surface area contributed by atoms with Crippen molar-refractivity contribution in [3.8, 4) is 0 Å². The standard InChI is InChI=1S/C13H23NO2/c1-16-11-6-13(15,7-11)12(8-14)5-9-2-3-10(12)4-9/h9-11,15H,2-8,14H2,1H3. The van der Waals surface area contributed by atoms with Crippen LogP contribution >= 0.6 is 0 Å². The van der Waals surface area contributed by atoms with Crippen LogP contribution in [0.25, 0.3) is 0 Å². The van der Waals surface area contributed by atoms with Gasteiger partial charge in [-0.1, -0.05) is 6.42 Å². The Balaban J connectivity index is 1.81. The molecule has 3 rings (SSSR count). The van der Waals surface area contributed by atoms with Gasteiger partial charge in [-0.3, -0.25) is 0 Å². The zero-order valence-electron chi connectivity index (χ0n) is 10.1. The van der Waals surface area contributed by atoms with E-state index in [9.17, 15) is 5.11 Å². The van der Waals surface area contributed by atoms with Crippen LogP contribution in [-0.4, -0.2) is 30.5 Å². The Hall–Kier alpha value is -0.120. The van der Waals surface area contributed by atoms with Crippen LogP contribution < -0.4 is 5.73 Å². The van der Waals surface area contributed by atoms with Crippen LogP contribution in [0.3, 0.4) is 0 Å². The van der Waals surface area contributed by atoms with E-state index in [-0.39, 0.29) is 11.5 Å². The van der Waals surface area contributed by atoms with Crippen molar-refractivity contribution in [2.24, 2.45) is 23.0 Å². The van der Waals surface area contributed by atoms with Crippen molar-refractivity contribution < 1.29 is 9.84 Å². The molecule has 3 N–H and O–H groups in total. The SMILES string of the molecule is COC1CC(O)(C2(CN)CC3CCC2C3)C1. The summed E-state index contributed by atoms with van der Waals surface area (Å²) in [5, 5.41) is 10.8. The molecular weight excluding hydrogens is 202 g/mol. The lowest BCUT2D eigenvalue weighted by Gasteiger charge is -2.57. The lowest BCUT2D eigenvalue weighted by molar-refractivity contribution is -0.209. The molecule has 3 atom stereocenters. The van der Waals surface area contributed by atoms with E-state index in [2.05, 4.69) is 0 Å². The largest absolute Gasteiger partial charge is 0.389 e. The molecule has 0 spiro atoms. The van der Waals surface area contributed by atoms with Crippen molar-refractivity contribution in [2.75, 3.05) is 13.7 Å². The zero-order chi connectivity index (χ0) is 11.4. The Morgan fingerprint density at radius 3 is 2.50 bits per heavy atom. The Labute approximate surface area is 97.3 Å². The van der Waals surface area contributed by atoms with Crippen molar-refractivity contribution in [3.05, 3.63) is 0 Å². The van der Waals surface area contributed by atoms with Crippen LogP contribution in [0.2, 0.25) is 0 Å². The summed E-state index contributed by atoms with van der Waals surface area (Å²) < 4.78 is 5.31. The molecule has 0 saturated heterocycles. The maximum atomic E-state index is 10.8. The summed E-state index contributed by atoms with van der Waals surface area (Å²) in [6.07, 6.45) is 6.94. The van der Waals surface area contributed by atoms with E-state index in [0.29, 0.717) is 12.5 Å². The van der Waals surface area contributed by atoms with Crippen LogP contribution in [0.15, 0.2) is 0 Å². The Bertz CT molecular complexity index is 288. The van der Waals surface area contributed by atoms with Gasteiger partial charge in [-0.05, 0) is 31.1 Å². The highest BCUT2D eigenvalue weighted by atomic mass is 16.5. The van der Waals surface area contributed by atoms with Gasteiger partial charge in [0.25, 0.3) is 0 Å². The maximum Gasteiger partial charge on any atom is 0.0767 e. The molecule has 0 heterocycles. The highest BCUT2D eigenvalue weighted by molar-refractivity contribution is 5.15. The fourth-order valence-corrected chi connectivity index (χ4v) is 4.72. The first kappa shape index (κ1) is 11.0. The second kappa shape index (κ2) is 3.44. The summed E-state index contributed by atoms with van der Waals surface area (Å²) in [5.41, 5.74) is 5.53. The lowest BCUT2D eigenvalue weighted by atomic mass is 9.54. The van der Waals surface area contributed by atoms with E-state index in [1.165, 1.54) is 19.3 Å². The summed E-state index contributed by atoms with van der Waals surface area (Å²) in [7, 11) is 1.74. The molecule has 0 aliphatic heterocycles. The predicted octanol–water partition coefficient (Wildman–Crippen LogP) is 1.29. The molecule has 3 nitrogen and oxygen atoms in total. The smallest absolute Gasteiger partial charge is 0.0767 e. The van der Waals surface area contributed by atoms with Crippen LogP contribution in [0.1, 0.15) is 38.5 Å². The average molecular weight is 225 g/mol. The number of rotatable bonds is 3. The number of aliphatic hydroxyl groups is 1. The summed E-state index contributed by atoms with van der Waals surface area (Å²) in [4.78, 5) is 0. The molecule has 3 fully saturated rings. The van der Waals surface area contributed by atoms with Crippen LogP contribution in [0.5, 0.6) is 0 Å². The minimum absolute atomic E-state index is 0.0188. The molecule has 0 amide bonds. The van der Waals surface area contributed by atoms with Gasteiger partial charge in [0.1, 0.15) is 0 Å². The van der Waals surface area contributed by atoms with Crippen LogP contribution in [0, 0.1) is 17.3 Å². The Morgan fingerprint density at radius 1 is 1.31 bits per heavy atom. The third-order valence-electron chi connectivity index (χ3n) is 5.73. The van der Waals surface area contributed by atoms with Gasteiger partial charge in [-0.25, -0.2) is 0 Å². The van der Waals surface area contributed by atoms with Gasteiger partial charge >= 0.3 is 0 Å². The van der Waals surface area contributed by atoms with Gasteiger partial charge in [0.2, 0.25) is 0 Å². The molecule has 0 aromatic rings. The molecule has 3 saturated carbocycles. The highest BCUT2D eigenvalue weighted by Gasteiger charge is 2.64. The maximum absolute atomic E-state index is 10.8. The molecule has 3 heteroatoms. The number of nitrogens with two attached hydrogens (primary N) is 1. The third-order valence-corrected chi connectivity index (χ3v) is 5.73. The van der Waals surface area contributed by atoms with Gasteiger partial charge < -0.3 is 15.6 Å². The van der Waals surface area contributed by atoms with Crippen molar-refractivity contribution in [3.63, 3.8) is 0 Å². The first-order valence-corrected chi connectivity index (χ1v) is 6.59. The van der Waals surface area contributed by atoms with E-state index < -0.39 is 5.60 Å². The summed E-state index contributed by atoms with van der Waals surface area (Å²) in [6, 6.07) is 0. The summed E-state index contributed by atoms with van der Waals surface area (Å²) in [5.74, 6) is 1.50. The molecule has 3 aliphatic carbocycles. The second-order valence-corrected chi connectivity index (χ2v) is 6.24. The molecule has 0 aromatic carbocycles. The normalized spacial score (nSPS) is 55.3. The molecule has 3 unspecified atom stereocenters. The van der Waals surface area contributed by atoms with Gasteiger partial charge in [0.15, 0.2) is 0 Å². The zero-order valence-corrected chi connectivity index (χ0v) is 10.1. The van der Waals surface area contributed by atoms with E-state index >= 15 is 0 Å². The fourth-order valence-electron chi connectivity index (χ4n) is 4.72. The Morgan fingerprint density at radius 2 is 2.06 bits per heavy atom. The van der Waals surface area contributed by atoms with E-state index in [1.807, 2.05) is 0 Å². The minimum Gasteiger partial charge on any atom is -0.389 e. The topological polar surface area (TPSA) is 55.5 Å². The van der Waals surface area contributed by atoms with Gasteiger partial charge in [0.05, 0.1) is 11.7 Å². The molecule has 2 bridgehead atoms.